The zero-order chi connectivity index (χ0) is 21.5. The minimum absolute atomic E-state index is 0.219. The highest BCUT2D eigenvalue weighted by molar-refractivity contribution is 7.91. The van der Waals surface area contributed by atoms with Gasteiger partial charge in [-0.3, -0.25) is 9.82 Å². The average Bonchev–Trinajstić information content (AvgIpc) is 3.07. The lowest BCUT2D eigenvalue weighted by Crippen LogP contribution is -2.15. The lowest BCUT2D eigenvalue weighted by atomic mass is 10.0. The lowest BCUT2D eigenvalue weighted by molar-refractivity contribution is 0.600. The number of aromatic amines is 1. The van der Waals surface area contributed by atoms with Crippen LogP contribution in [0.2, 0.25) is 10.0 Å². The van der Waals surface area contributed by atoms with Gasteiger partial charge in [-0.15, -0.1) is 0 Å². The number of nitrogens with two attached hydrogens (primary N) is 1. The molecule has 3 aromatic carbocycles. The van der Waals surface area contributed by atoms with Crippen LogP contribution in [-0.4, -0.2) is 18.6 Å². The number of nitrogens with zero attached hydrogens (tertiary/aromatic N) is 1. The van der Waals surface area contributed by atoms with E-state index in [1.807, 2.05) is 0 Å². The van der Waals surface area contributed by atoms with Gasteiger partial charge in [0.05, 0.1) is 15.8 Å². The fourth-order valence-electron chi connectivity index (χ4n) is 3.08. The molecule has 30 heavy (non-hydrogen) atoms. The average molecular weight is 465 g/mol. The number of hydrogen-bond donors (Lipinski definition) is 3. The van der Waals surface area contributed by atoms with Gasteiger partial charge in [0.2, 0.25) is 10.0 Å². The van der Waals surface area contributed by atoms with E-state index in [1.165, 1.54) is 6.07 Å². The van der Waals surface area contributed by atoms with Gasteiger partial charge >= 0.3 is 0 Å². The third-order valence-corrected chi connectivity index (χ3v) is 6.52. The summed E-state index contributed by atoms with van der Waals surface area (Å²) < 4.78 is 42.2. The number of benzene rings is 3. The third kappa shape index (κ3) is 4.07. The van der Waals surface area contributed by atoms with Crippen molar-refractivity contribution in [2.24, 2.45) is 0 Å². The normalized spacial score (nSPS) is 11.7. The first-order valence-electron chi connectivity index (χ1n) is 8.70. The Morgan fingerprint density at radius 1 is 1.03 bits per heavy atom. The number of nitrogens with one attached hydrogen (secondary N) is 2. The second kappa shape index (κ2) is 7.79. The number of nitrogen functional groups attached to an aromatic ring is 1. The SMILES string of the molecule is Nc1n[nH]c2c(F)c(-c3ccc(NS(=O)(=O)Cc4ccc(Cl)c(Cl)c4)cc3)ccc12. The molecule has 0 aliphatic carbocycles. The lowest BCUT2D eigenvalue weighted by Gasteiger charge is -2.10. The Balaban J connectivity index is 1.55. The zero-order valence-corrected chi connectivity index (χ0v) is 17.6. The van der Waals surface area contributed by atoms with Crippen molar-refractivity contribution in [3.05, 3.63) is 76.0 Å². The Morgan fingerprint density at radius 2 is 1.77 bits per heavy atom. The van der Waals surface area contributed by atoms with Crippen molar-refractivity contribution in [3.63, 3.8) is 0 Å². The molecule has 0 aliphatic heterocycles. The van der Waals surface area contributed by atoms with E-state index in [4.69, 9.17) is 28.9 Å². The van der Waals surface area contributed by atoms with Crippen molar-refractivity contribution >= 4 is 55.6 Å². The minimum atomic E-state index is -3.68. The van der Waals surface area contributed by atoms with E-state index in [2.05, 4.69) is 14.9 Å². The van der Waals surface area contributed by atoms with Crippen LogP contribution in [0.3, 0.4) is 0 Å². The molecule has 0 aliphatic rings. The number of aromatic nitrogens is 2. The first kappa shape index (κ1) is 20.5. The molecule has 4 aromatic rings. The molecule has 4 N–H and O–H groups in total. The molecule has 0 bridgehead atoms. The summed E-state index contributed by atoms with van der Waals surface area (Å²) in [7, 11) is -3.68. The molecule has 0 saturated heterocycles. The standard InChI is InChI=1S/C20H15Cl2FN4O2S/c21-16-8-1-11(9-17(16)22)10-30(28,29)27-13-4-2-12(3-5-13)14-6-7-15-19(18(14)23)25-26-20(15)24/h1-9,27H,10H2,(H3,24,25,26). The molecule has 0 unspecified atom stereocenters. The topological polar surface area (TPSA) is 101 Å². The molecule has 4 rings (SSSR count). The molecule has 0 spiro atoms. The number of H-pyrrole nitrogens is 1. The second-order valence-corrected chi connectivity index (χ2v) is 9.18. The van der Waals surface area contributed by atoms with Gasteiger partial charge in [-0.05, 0) is 41.5 Å². The summed E-state index contributed by atoms with van der Waals surface area (Å²) in [4.78, 5) is 0. The van der Waals surface area contributed by atoms with Gasteiger partial charge in [0.15, 0.2) is 11.6 Å². The van der Waals surface area contributed by atoms with E-state index in [0.717, 1.165) is 0 Å². The first-order valence-corrected chi connectivity index (χ1v) is 11.1. The predicted octanol–water partition coefficient (Wildman–Crippen LogP) is 5.20. The molecule has 0 saturated carbocycles. The summed E-state index contributed by atoms with van der Waals surface area (Å²) >= 11 is 11.8. The summed E-state index contributed by atoms with van der Waals surface area (Å²) in [5.74, 6) is -0.523. The fourth-order valence-corrected chi connectivity index (χ4v) is 4.59. The van der Waals surface area contributed by atoms with Crippen molar-refractivity contribution in [1.82, 2.24) is 10.2 Å². The Morgan fingerprint density at radius 3 is 2.47 bits per heavy atom. The number of fused-ring (bicyclic) bond motifs is 1. The third-order valence-electron chi connectivity index (χ3n) is 4.52. The van der Waals surface area contributed by atoms with Crippen LogP contribution in [0, 0.1) is 5.82 Å². The Labute approximate surface area is 181 Å². The maximum absolute atomic E-state index is 14.8. The fraction of sp³-hybridized carbons (Fsp3) is 0.0500. The second-order valence-electron chi connectivity index (χ2n) is 6.65. The van der Waals surface area contributed by atoms with Crippen molar-refractivity contribution < 1.29 is 12.8 Å². The van der Waals surface area contributed by atoms with E-state index >= 15 is 0 Å². The Hall–Kier alpha value is -2.81. The Kier molecular flexibility index (Phi) is 5.31. The van der Waals surface area contributed by atoms with Crippen LogP contribution < -0.4 is 10.5 Å². The number of rotatable bonds is 5. The van der Waals surface area contributed by atoms with Crippen LogP contribution in [0.5, 0.6) is 0 Å². The van der Waals surface area contributed by atoms with Crippen LogP contribution in [0.4, 0.5) is 15.9 Å². The highest BCUT2D eigenvalue weighted by Gasteiger charge is 2.15. The van der Waals surface area contributed by atoms with E-state index in [0.29, 0.717) is 32.8 Å². The summed E-state index contributed by atoms with van der Waals surface area (Å²) in [5.41, 5.74) is 7.69. The smallest absolute Gasteiger partial charge is 0.236 e. The monoisotopic (exact) mass is 464 g/mol. The summed E-state index contributed by atoms with van der Waals surface area (Å²) in [6, 6.07) is 14.3. The van der Waals surface area contributed by atoms with Gasteiger partial charge in [-0.2, -0.15) is 5.10 Å². The maximum atomic E-state index is 14.8. The molecule has 0 amide bonds. The van der Waals surface area contributed by atoms with E-state index in [-0.39, 0.29) is 22.1 Å². The van der Waals surface area contributed by atoms with Gasteiger partial charge in [-0.1, -0.05) is 47.5 Å². The van der Waals surface area contributed by atoms with Crippen LogP contribution in [0.1, 0.15) is 5.56 Å². The van der Waals surface area contributed by atoms with Gasteiger partial charge in [0, 0.05) is 16.6 Å². The van der Waals surface area contributed by atoms with Gasteiger partial charge in [0.1, 0.15) is 5.52 Å². The van der Waals surface area contributed by atoms with E-state index in [1.54, 1.807) is 48.5 Å². The molecule has 0 fully saturated rings. The molecule has 154 valence electrons. The molecule has 1 aromatic heterocycles. The van der Waals surface area contributed by atoms with Crippen LogP contribution in [0.15, 0.2) is 54.6 Å². The van der Waals surface area contributed by atoms with Crippen molar-refractivity contribution in [2.45, 2.75) is 5.75 Å². The molecule has 0 atom stereocenters. The van der Waals surface area contributed by atoms with Crippen LogP contribution in [-0.2, 0) is 15.8 Å². The van der Waals surface area contributed by atoms with E-state index < -0.39 is 15.8 Å². The molecule has 6 nitrogen and oxygen atoms in total. The van der Waals surface area contributed by atoms with Crippen LogP contribution in [0.25, 0.3) is 22.0 Å². The molecule has 0 radical (unpaired) electrons. The summed E-state index contributed by atoms with van der Waals surface area (Å²) in [5, 5.41) is 7.53. The number of anilines is 2. The van der Waals surface area contributed by atoms with Gasteiger partial charge < -0.3 is 5.73 Å². The quantitative estimate of drug-likeness (QED) is 0.377. The molecular weight excluding hydrogens is 450 g/mol. The van der Waals surface area contributed by atoms with Gasteiger partial charge in [-0.25, -0.2) is 12.8 Å². The number of hydrogen-bond acceptors (Lipinski definition) is 4. The van der Waals surface area contributed by atoms with Gasteiger partial charge in [0.25, 0.3) is 0 Å². The molecular formula is C20H15Cl2FN4O2S. The zero-order valence-electron chi connectivity index (χ0n) is 15.3. The van der Waals surface area contributed by atoms with Crippen LogP contribution >= 0.6 is 23.2 Å². The summed E-state index contributed by atoms with van der Waals surface area (Å²) in [6.45, 7) is 0. The van der Waals surface area contributed by atoms with Crippen molar-refractivity contribution in [1.29, 1.82) is 0 Å². The minimum Gasteiger partial charge on any atom is -0.382 e. The predicted molar refractivity (Wildman–Crippen MR) is 119 cm³/mol. The first-order chi connectivity index (χ1) is 14.2. The Bertz CT molecular complexity index is 1360. The number of halogens is 3. The molecule has 1 heterocycles. The summed E-state index contributed by atoms with van der Waals surface area (Å²) in [6.07, 6.45) is 0. The number of sulfonamides is 1. The highest BCUT2D eigenvalue weighted by atomic mass is 35.5. The van der Waals surface area contributed by atoms with E-state index in [9.17, 15) is 12.8 Å². The largest absolute Gasteiger partial charge is 0.382 e. The van der Waals surface area contributed by atoms with Crippen molar-refractivity contribution in [3.8, 4) is 11.1 Å². The van der Waals surface area contributed by atoms with Crippen molar-refractivity contribution in [2.75, 3.05) is 10.5 Å². The maximum Gasteiger partial charge on any atom is 0.236 e. The molecule has 10 heteroatoms. The highest BCUT2D eigenvalue weighted by Crippen LogP contribution is 2.31.